The van der Waals surface area contributed by atoms with Crippen LogP contribution in [0, 0.1) is 17.0 Å². The Labute approximate surface area is 117 Å². The quantitative estimate of drug-likeness (QED) is 0.684. The normalized spacial score (nSPS) is 10.5. The SMILES string of the molecule is Cc1cn(Cc2cc(Cl)ccc2[N+](=O)[O-])c(=O)[nH]c1=O. The molecule has 0 fully saturated rings. The number of nitro groups is 1. The lowest BCUT2D eigenvalue weighted by molar-refractivity contribution is -0.385. The van der Waals surface area contributed by atoms with Crippen molar-refractivity contribution < 1.29 is 4.92 Å². The van der Waals surface area contributed by atoms with Crippen molar-refractivity contribution in [2.24, 2.45) is 0 Å². The molecule has 0 spiro atoms. The van der Waals surface area contributed by atoms with E-state index < -0.39 is 16.2 Å². The smallest absolute Gasteiger partial charge is 0.296 e. The maximum atomic E-state index is 11.7. The Bertz CT molecular complexity index is 794. The number of rotatable bonds is 3. The van der Waals surface area contributed by atoms with Gasteiger partial charge in [0.15, 0.2) is 0 Å². The van der Waals surface area contributed by atoms with Gasteiger partial charge in [0.2, 0.25) is 0 Å². The summed E-state index contributed by atoms with van der Waals surface area (Å²) in [6.07, 6.45) is 1.35. The maximum absolute atomic E-state index is 11.7. The van der Waals surface area contributed by atoms with Crippen molar-refractivity contribution in [3.63, 3.8) is 0 Å². The van der Waals surface area contributed by atoms with E-state index in [9.17, 15) is 19.7 Å². The predicted molar refractivity (Wildman–Crippen MR) is 73.3 cm³/mol. The van der Waals surface area contributed by atoms with Crippen LogP contribution < -0.4 is 11.2 Å². The van der Waals surface area contributed by atoms with Gasteiger partial charge in [-0.25, -0.2) is 4.79 Å². The van der Waals surface area contributed by atoms with E-state index in [2.05, 4.69) is 4.98 Å². The molecule has 0 bridgehead atoms. The number of benzene rings is 1. The fraction of sp³-hybridized carbons (Fsp3) is 0.167. The van der Waals surface area contributed by atoms with E-state index >= 15 is 0 Å². The lowest BCUT2D eigenvalue weighted by Gasteiger charge is -2.07. The van der Waals surface area contributed by atoms with Crippen LogP contribution in [0.4, 0.5) is 5.69 Å². The molecule has 104 valence electrons. The average molecular weight is 296 g/mol. The van der Waals surface area contributed by atoms with Crippen LogP contribution >= 0.6 is 11.6 Å². The van der Waals surface area contributed by atoms with Crippen molar-refractivity contribution in [1.29, 1.82) is 0 Å². The molecule has 20 heavy (non-hydrogen) atoms. The Kier molecular flexibility index (Phi) is 3.71. The zero-order chi connectivity index (χ0) is 14.9. The fourth-order valence-corrected chi connectivity index (χ4v) is 1.97. The summed E-state index contributed by atoms with van der Waals surface area (Å²) in [6.45, 7) is 1.49. The van der Waals surface area contributed by atoms with E-state index in [1.54, 1.807) is 6.92 Å². The number of hydrogen-bond donors (Lipinski definition) is 1. The van der Waals surface area contributed by atoms with E-state index in [1.165, 1.54) is 29.0 Å². The summed E-state index contributed by atoms with van der Waals surface area (Å²) in [7, 11) is 0. The molecule has 1 aromatic carbocycles. The molecule has 0 amide bonds. The Morgan fingerprint density at radius 2 is 2.10 bits per heavy atom. The number of aromatic nitrogens is 2. The maximum Gasteiger partial charge on any atom is 0.328 e. The molecule has 2 aromatic rings. The monoisotopic (exact) mass is 295 g/mol. The minimum atomic E-state index is -0.630. The van der Waals surface area contributed by atoms with E-state index in [0.717, 1.165) is 0 Å². The molecule has 0 aliphatic rings. The van der Waals surface area contributed by atoms with Gasteiger partial charge in [0, 0.05) is 22.8 Å². The summed E-state index contributed by atoms with van der Waals surface area (Å²) >= 11 is 5.82. The minimum Gasteiger partial charge on any atom is -0.296 e. The Hall–Kier alpha value is -2.41. The number of nitro benzene ring substituents is 1. The highest BCUT2D eigenvalue weighted by Crippen LogP contribution is 2.23. The molecular formula is C12H10ClN3O4. The first kappa shape index (κ1) is 14.0. The number of aryl methyl sites for hydroxylation is 1. The molecule has 0 aliphatic heterocycles. The van der Waals surface area contributed by atoms with Gasteiger partial charge in [0.05, 0.1) is 17.0 Å². The summed E-state index contributed by atoms with van der Waals surface area (Å²) in [5.74, 6) is 0. The van der Waals surface area contributed by atoms with Crippen molar-refractivity contribution in [2.45, 2.75) is 13.5 Å². The van der Waals surface area contributed by atoms with Crippen LogP contribution in [0.2, 0.25) is 5.02 Å². The van der Waals surface area contributed by atoms with Gasteiger partial charge in [0.1, 0.15) is 0 Å². The second kappa shape index (κ2) is 5.30. The van der Waals surface area contributed by atoms with E-state index in [1.807, 2.05) is 0 Å². The van der Waals surface area contributed by atoms with Crippen molar-refractivity contribution >= 4 is 17.3 Å². The summed E-state index contributed by atoms with van der Waals surface area (Å²) in [5, 5.41) is 11.3. The van der Waals surface area contributed by atoms with Gasteiger partial charge in [-0.2, -0.15) is 0 Å². The van der Waals surface area contributed by atoms with Crippen molar-refractivity contribution in [1.82, 2.24) is 9.55 Å². The molecule has 8 heteroatoms. The molecule has 0 unspecified atom stereocenters. The van der Waals surface area contributed by atoms with Gasteiger partial charge in [-0.05, 0) is 19.1 Å². The molecule has 2 rings (SSSR count). The highest BCUT2D eigenvalue weighted by molar-refractivity contribution is 6.30. The fourth-order valence-electron chi connectivity index (χ4n) is 1.78. The van der Waals surface area contributed by atoms with E-state index in [4.69, 9.17) is 11.6 Å². The lowest BCUT2D eigenvalue weighted by atomic mass is 10.2. The van der Waals surface area contributed by atoms with Crippen LogP contribution in [0.3, 0.4) is 0 Å². The van der Waals surface area contributed by atoms with Crippen LogP contribution in [0.5, 0.6) is 0 Å². The summed E-state index contributed by atoms with van der Waals surface area (Å²) in [6, 6.07) is 4.11. The van der Waals surface area contributed by atoms with Crippen LogP contribution in [0.25, 0.3) is 0 Å². The highest BCUT2D eigenvalue weighted by Gasteiger charge is 2.15. The number of H-pyrrole nitrogens is 1. The van der Waals surface area contributed by atoms with Crippen molar-refractivity contribution in [2.75, 3.05) is 0 Å². The Balaban J connectivity index is 2.52. The number of nitrogens with one attached hydrogen (secondary N) is 1. The number of aromatic amines is 1. The van der Waals surface area contributed by atoms with Crippen LogP contribution in [0.1, 0.15) is 11.1 Å². The Morgan fingerprint density at radius 1 is 1.40 bits per heavy atom. The predicted octanol–water partition coefficient (Wildman–Crippen LogP) is 1.45. The third kappa shape index (κ3) is 2.77. The number of halogens is 1. The second-order valence-electron chi connectivity index (χ2n) is 4.23. The molecule has 0 radical (unpaired) electrons. The van der Waals surface area contributed by atoms with Gasteiger partial charge < -0.3 is 0 Å². The molecular weight excluding hydrogens is 286 g/mol. The zero-order valence-electron chi connectivity index (χ0n) is 10.4. The molecule has 0 aliphatic carbocycles. The lowest BCUT2D eigenvalue weighted by Crippen LogP contribution is -2.31. The van der Waals surface area contributed by atoms with E-state index in [-0.39, 0.29) is 17.8 Å². The summed E-state index contributed by atoms with van der Waals surface area (Å²) < 4.78 is 1.19. The minimum absolute atomic E-state index is 0.0483. The molecule has 0 atom stereocenters. The molecule has 1 N–H and O–H groups in total. The topological polar surface area (TPSA) is 98.0 Å². The molecule has 0 saturated heterocycles. The standard InChI is InChI=1S/C12H10ClN3O4/c1-7-5-15(12(18)14-11(7)17)6-8-4-9(13)2-3-10(8)16(19)20/h2-5H,6H2,1H3,(H,14,17,18). The van der Waals surface area contributed by atoms with Crippen molar-refractivity contribution in [3.8, 4) is 0 Å². The highest BCUT2D eigenvalue weighted by atomic mass is 35.5. The summed E-state index contributed by atoms with van der Waals surface area (Å²) in [4.78, 5) is 35.5. The third-order valence-electron chi connectivity index (χ3n) is 2.77. The summed E-state index contributed by atoms with van der Waals surface area (Å²) in [5.41, 5.74) is -0.614. The molecule has 7 nitrogen and oxygen atoms in total. The number of hydrogen-bond acceptors (Lipinski definition) is 4. The van der Waals surface area contributed by atoms with Crippen LogP contribution in [0.15, 0.2) is 34.0 Å². The van der Waals surface area contributed by atoms with Gasteiger partial charge in [-0.3, -0.25) is 24.5 Å². The first-order valence-electron chi connectivity index (χ1n) is 5.61. The molecule has 0 saturated carbocycles. The van der Waals surface area contributed by atoms with Gasteiger partial charge in [0.25, 0.3) is 11.2 Å². The van der Waals surface area contributed by atoms with Gasteiger partial charge >= 0.3 is 5.69 Å². The van der Waals surface area contributed by atoms with Gasteiger partial charge in [-0.1, -0.05) is 11.6 Å². The average Bonchev–Trinajstić information content (AvgIpc) is 2.35. The second-order valence-corrected chi connectivity index (χ2v) is 4.67. The van der Waals surface area contributed by atoms with Gasteiger partial charge in [-0.15, -0.1) is 0 Å². The largest absolute Gasteiger partial charge is 0.328 e. The first-order valence-corrected chi connectivity index (χ1v) is 5.99. The van der Waals surface area contributed by atoms with Crippen LogP contribution in [-0.4, -0.2) is 14.5 Å². The molecule has 1 aromatic heterocycles. The third-order valence-corrected chi connectivity index (χ3v) is 3.00. The van der Waals surface area contributed by atoms with E-state index in [0.29, 0.717) is 10.6 Å². The zero-order valence-corrected chi connectivity index (χ0v) is 11.2. The first-order chi connectivity index (χ1) is 9.38. The van der Waals surface area contributed by atoms with Crippen LogP contribution in [-0.2, 0) is 6.54 Å². The molecule has 1 heterocycles. The Morgan fingerprint density at radius 3 is 2.75 bits per heavy atom. The van der Waals surface area contributed by atoms with Crippen molar-refractivity contribution in [3.05, 3.63) is 71.5 Å². The number of nitrogens with zero attached hydrogens (tertiary/aromatic N) is 2.